The summed E-state index contributed by atoms with van der Waals surface area (Å²) in [5.74, 6) is -0.521. The van der Waals surface area contributed by atoms with Gasteiger partial charge < -0.3 is 20.3 Å². The Bertz CT molecular complexity index is 679. The van der Waals surface area contributed by atoms with Crippen LogP contribution < -0.4 is 15.4 Å². The van der Waals surface area contributed by atoms with Gasteiger partial charge in [0.2, 0.25) is 5.91 Å². The molecule has 2 rings (SSSR count). The van der Waals surface area contributed by atoms with Crippen molar-refractivity contribution in [3.05, 3.63) is 23.8 Å². The predicted molar refractivity (Wildman–Crippen MR) is 90.0 cm³/mol. The van der Waals surface area contributed by atoms with E-state index in [0.29, 0.717) is 17.0 Å². The van der Waals surface area contributed by atoms with Crippen molar-refractivity contribution in [1.82, 2.24) is 10.2 Å². The van der Waals surface area contributed by atoms with Crippen molar-refractivity contribution in [1.29, 1.82) is 0 Å². The fourth-order valence-electron chi connectivity index (χ4n) is 2.35. The Labute approximate surface area is 141 Å². The van der Waals surface area contributed by atoms with E-state index in [1.54, 1.807) is 32.2 Å². The van der Waals surface area contributed by atoms with Crippen molar-refractivity contribution in [2.24, 2.45) is 0 Å². The molecule has 1 aromatic rings. The Balaban J connectivity index is 2.17. The van der Waals surface area contributed by atoms with Crippen molar-refractivity contribution in [3.63, 3.8) is 0 Å². The van der Waals surface area contributed by atoms with Gasteiger partial charge in [-0.2, -0.15) is 0 Å². The predicted octanol–water partition coefficient (Wildman–Crippen LogP) is 1.39. The van der Waals surface area contributed by atoms with Crippen LogP contribution in [0.5, 0.6) is 5.75 Å². The number of ether oxygens (including phenoxy) is 1. The van der Waals surface area contributed by atoms with Gasteiger partial charge in [0.05, 0.1) is 17.8 Å². The lowest BCUT2D eigenvalue weighted by Gasteiger charge is -2.27. The summed E-state index contributed by atoms with van der Waals surface area (Å²) in [6, 6.07) is 4.94. The van der Waals surface area contributed by atoms with Crippen molar-refractivity contribution < 1.29 is 19.1 Å². The first-order valence-corrected chi connectivity index (χ1v) is 7.75. The molecule has 7 heteroatoms. The van der Waals surface area contributed by atoms with Crippen molar-refractivity contribution in [2.75, 3.05) is 18.9 Å². The number of nitrogens with one attached hydrogen (secondary N) is 2. The first-order valence-electron chi connectivity index (χ1n) is 7.75. The summed E-state index contributed by atoms with van der Waals surface area (Å²) in [4.78, 5) is 37.6. The molecule has 0 aromatic heterocycles. The van der Waals surface area contributed by atoms with Crippen LogP contribution in [0.1, 0.15) is 38.1 Å². The Morgan fingerprint density at radius 2 is 2.00 bits per heavy atom. The summed E-state index contributed by atoms with van der Waals surface area (Å²) in [5, 5.41) is 5.51. The van der Waals surface area contributed by atoms with Gasteiger partial charge in [-0.3, -0.25) is 14.4 Å². The van der Waals surface area contributed by atoms with Crippen LogP contribution in [0.25, 0.3) is 0 Å². The molecule has 130 valence electrons. The maximum atomic E-state index is 12.7. The van der Waals surface area contributed by atoms with Crippen LogP contribution in [-0.4, -0.2) is 47.9 Å². The van der Waals surface area contributed by atoms with E-state index in [0.717, 1.165) is 0 Å². The molecule has 1 aliphatic heterocycles. The van der Waals surface area contributed by atoms with Gasteiger partial charge in [-0.15, -0.1) is 0 Å². The zero-order chi connectivity index (χ0) is 18.1. The number of para-hydroxylation sites is 1. The number of hydrogen-bond acceptors (Lipinski definition) is 4. The maximum absolute atomic E-state index is 12.7. The number of benzene rings is 1. The molecule has 0 saturated carbocycles. The number of likely N-dealkylation sites (N-methyl/N-ethyl adjacent to an activating group) is 1. The quantitative estimate of drug-likeness (QED) is 0.875. The van der Waals surface area contributed by atoms with E-state index >= 15 is 0 Å². The van der Waals surface area contributed by atoms with Crippen LogP contribution in [0.3, 0.4) is 0 Å². The van der Waals surface area contributed by atoms with Crippen LogP contribution in [0, 0.1) is 0 Å². The molecule has 0 radical (unpaired) electrons. The highest BCUT2D eigenvalue weighted by atomic mass is 16.5. The van der Waals surface area contributed by atoms with E-state index in [1.807, 2.05) is 20.8 Å². The molecule has 3 amide bonds. The van der Waals surface area contributed by atoms with Crippen LogP contribution in [0.4, 0.5) is 5.69 Å². The third-order valence-corrected chi connectivity index (χ3v) is 3.41. The van der Waals surface area contributed by atoms with Gasteiger partial charge in [-0.25, -0.2) is 0 Å². The van der Waals surface area contributed by atoms with Crippen LogP contribution in [0.2, 0.25) is 0 Å². The molecule has 1 unspecified atom stereocenters. The summed E-state index contributed by atoms with van der Waals surface area (Å²) < 4.78 is 5.57. The summed E-state index contributed by atoms with van der Waals surface area (Å²) in [5.41, 5.74) is 0.400. The molecule has 0 aliphatic carbocycles. The van der Waals surface area contributed by atoms with E-state index < -0.39 is 6.10 Å². The number of rotatable bonds is 3. The summed E-state index contributed by atoms with van der Waals surface area (Å²) in [6.07, 6.45) is -0.680. The van der Waals surface area contributed by atoms with E-state index in [2.05, 4.69) is 10.6 Å². The molecule has 1 atom stereocenters. The molecular weight excluding hydrogens is 310 g/mol. The fraction of sp³-hybridized carbons (Fsp3) is 0.471. The largest absolute Gasteiger partial charge is 0.478 e. The topological polar surface area (TPSA) is 87.7 Å². The average molecular weight is 333 g/mol. The number of carbonyl (C=O) groups excluding carboxylic acids is 3. The lowest BCUT2D eigenvalue weighted by molar-refractivity contribution is -0.123. The molecule has 7 nitrogen and oxygen atoms in total. The molecule has 0 bridgehead atoms. The number of fused-ring (bicyclic) bond motifs is 1. The standard InChI is InChI=1S/C17H23N3O4/c1-10-15(22)18-12-8-6-7-11(14(12)24-10)16(23)20(5)9-13(21)19-17(2,3)4/h6-8,10H,9H2,1-5H3,(H,18,22)(H,19,21). The van der Waals surface area contributed by atoms with Crippen molar-refractivity contribution in [2.45, 2.75) is 39.3 Å². The van der Waals surface area contributed by atoms with Gasteiger partial charge in [0.15, 0.2) is 11.9 Å². The van der Waals surface area contributed by atoms with Gasteiger partial charge in [0.25, 0.3) is 11.8 Å². The lowest BCUT2D eigenvalue weighted by Crippen LogP contribution is -2.46. The molecule has 1 aromatic carbocycles. The molecule has 24 heavy (non-hydrogen) atoms. The first kappa shape index (κ1) is 17.8. The minimum Gasteiger partial charge on any atom is -0.478 e. The number of hydrogen-bond donors (Lipinski definition) is 2. The van der Waals surface area contributed by atoms with Gasteiger partial charge >= 0.3 is 0 Å². The van der Waals surface area contributed by atoms with Crippen molar-refractivity contribution >= 4 is 23.4 Å². The van der Waals surface area contributed by atoms with Gasteiger partial charge in [0, 0.05) is 12.6 Å². The zero-order valence-electron chi connectivity index (χ0n) is 14.6. The fourth-order valence-corrected chi connectivity index (χ4v) is 2.35. The normalized spacial score (nSPS) is 16.5. The molecule has 2 N–H and O–H groups in total. The second-order valence-electron chi connectivity index (χ2n) is 6.89. The number of carbonyl (C=O) groups is 3. The van der Waals surface area contributed by atoms with Crippen LogP contribution in [-0.2, 0) is 9.59 Å². The Kier molecular flexibility index (Phi) is 4.82. The van der Waals surface area contributed by atoms with Gasteiger partial charge in [-0.1, -0.05) is 6.07 Å². The highest BCUT2D eigenvalue weighted by molar-refractivity contribution is 6.04. The zero-order valence-corrected chi connectivity index (χ0v) is 14.6. The minimum absolute atomic E-state index is 0.0678. The second kappa shape index (κ2) is 6.51. The van der Waals surface area contributed by atoms with Crippen LogP contribution in [0.15, 0.2) is 18.2 Å². The van der Waals surface area contributed by atoms with E-state index in [-0.39, 0.29) is 29.8 Å². The third-order valence-electron chi connectivity index (χ3n) is 3.41. The Hall–Kier alpha value is -2.57. The summed E-state index contributed by atoms with van der Waals surface area (Å²) in [6.45, 7) is 7.16. The lowest BCUT2D eigenvalue weighted by atomic mass is 10.1. The number of nitrogens with zero attached hydrogens (tertiary/aromatic N) is 1. The smallest absolute Gasteiger partial charge is 0.265 e. The molecule has 1 heterocycles. The maximum Gasteiger partial charge on any atom is 0.265 e. The van der Waals surface area contributed by atoms with Crippen LogP contribution >= 0.6 is 0 Å². The highest BCUT2D eigenvalue weighted by Gasteiger charge is 2.29. The second-order valence-corrected chi connectivity index (χ2v) is 6.89. The number of anilines is 1. The molecule has 0 fully saturated rings. The summed E-state index contributed by atoms with van der Waals surface area (Å²) in [7, 11) is 1.55. The molecule has 0 spiro atoms. The Morgan fingerprint density at radius 3 is 2.62 bits per heavy atom. The monoisotopic (exact) mass is 333 g/mol. The number of amides is 3. The average Bonchev–Trinajstić information content (AvgIpc) is 2.45. The highest BCUT2D eigenvalue weighted by Crippen LogP contribution is 2.33. The SMILES string of the molecule is CC1Oc2c(cccc2C(=O)N(C)CC(=O)NC(C)(C)C)NC1=O. The van der Waals surface area contributed by atoms with E-state index in [1.165, 1.54) is 4.90 Å². The van der Waals surface area contributed by atoms with Gasteiger partial charge in [0.1, 0.15) is 0 Å². The third kappa shape index (κ3) is 4.04. The Morgan fingerprint density at radius 1 is 1.33 bits per heavy atom. The summed E-state index contributed by atoms with van der Waals surface area (Å²) >= 11 is 0. The van der Waals surface area contributed by atoms with Gasteiger partial charge in [-0.05, 0) is 39.8 Å². The molecular formula is C17H23N3O4. The van der Waals surface area contributed by atoms with E-state index in [9.17, 15) is 14.4 Å². The molecule has 1 aliphatic rings. The molecule has 0 saturated heterocycles. The van der Waals surface area contributed by atoms with Crippen molar-refractivity contribution in [3.8, 4) is 5.75 Å². The minimum atomic E-state index is -0.680. The first-order chi connectivity index (χ1) is 11.1. The van der Waals surface area contributed by atoms with E-state index in [4.69, 9.17) is 4.74 Å².